The van der Waals surface area contributed by atoms with Gasteiger partial charge in [0.2, 0.25) is 0 Å². The molecule has 1 spiro atoms. The highest BCUT2D eigenvalue weighted by molar-refractivity contribution is 6.01. The molecule has 1 atom stereocenters. The van der Waals surface area contributed by atoms with Gasteiger partial charge in [0.1, 0.15) is 11.5 Å². The first-order valence-corrected chi connectivity index (χ1v) is 18.9. The lowest BCUT2D eigenvalue weighted by atomic mass is 9.65. The molecule has 0 amide bonds. The zero-order chi connectivity index (χ0) is 36.3. The van der Waals surface area contributed by atoms with Crippen molar-refractivity contribution in [3.05, 3.63) is 235 Å². The fourth-order valence-electron chi connectivity index (χ4n) is 9.18. The molecule has 2 heteroatoms. The highest BCUT2D eigenvalue weighted by Gasteiger charge is 2.52. The molecule has 0 N–H and O–H groups in total. The normalized spacial score (nSPS) is 14.8. The maximum Gasteiger partial charge on any atom is 0.140 e. The number of nitrogens with zero attached hydrogens (tertiary/aromatic N) is 1. The number of ether oxygens (including phenoxy) is 1. The van der Waals surface area contributed by atoms with E-state index in [1.54, 1.807) is 0 Å². The average molecular weight is 702 g/mol. The van der Waals surface area contributed by atoms with Crippen molar-refractivity contribution in [1.82, 2.24) is 0 Å². The van der Waals surface area contributed by atoms with Gasteiger partial charge in [-0.3, -0.25) is 0 Å². The van der Waals surface area contributed by atoms with Gasteiger partial charge in [0, 0.05) is 33.5 Å². The van der Waals surface area contributed by atoms with Gasteiger partial charge in [0.15, 0.2) is 0 Å². The molecular formula is C53H35NO. The highest BCUT2D eigenvalue weighted by Crippen LogP contribution is 2.64. The minimum absolute atomic E-state index is 0.598. The van der Waals surface area contributed by atoms with Crippen LogP contribution in [0.25, 0.3) is 44.2 Å². The molecule has 55 heavy (non-hydrogen) atoms. The van der Waals surface area contributed by atoms with Crippen molar-refractivity contribution < 1.29 is 4.74 Å². The van der Waals surface area contributed by atoms with Gasteiger partial charge in [-0.15, -0.1) is 0 Å². The first kappa shape index (κ1) is 31.4. The molecule has 0 bridgehead atoms. The number of fused-ring (bicyclic) bond motifs is 11. The Balaban J connectivity index is 1.22. The van der Waals surface area contributed by atoms with E-state index in [4.69, 9.17) is 4.74 Å². The smallest absolute Gasteiger partial charge is 0.140 e. The predicted molar refractivity (Wildman–Crippen MR) is 227 cm³/mol. The number of benzene rings is 9. The summed E-state index contributed by atoms with van der Waals surface area (Å²) in [5.41, 5.74) is 14.7. The summed E-state index contributed by atoms with van der Waals surface area (Å²) in [5.74, 6) is 1.82. The van der Waals surface area contributed by atoms with Gasteiger partial charge in [-0.1, -0.05) is 176 Å². The second-order valence-electron chi connectivity index (χ2n) is 14.4. The van der Waals surface area contributed by atoms with Crippen molar-refractivity contribution in [2.45, 2.75) is 5.41 Å². The van der Waals surface area contributed by atoms with E-state index in [0.717, 1.165) is 45.1 Å². The number of hydrogen-bond donors (Lipinski definition) is 0. The van der Waals surface area contributed by atoms with Crippen molar-refractivity contribution in [2.24, 2.45) is 0 Å². The van der Waals surface area contributed by atoms with Crippen LogP contribution >= 0.6 is 0 Å². The minimum atomic E-state index is -0.598. The van der Waals surface area contributed by atoms with Crippen LogP contribution in [-0.2, 0) is 5.41 Å². The molecule has 258 valence electrons. The van der Waals surface area contributed by atoms with E-state index in [1.165, 1.54) is 49.9 Å². The zero-order valence-electron chi connectivity index (χ0n) is 30.1. The fourth-order valence-corrected chi connectivity index (χ4v) is 9.18. The molecule has 2 aliphatic rings. The molecule has 2 nitrogen and oxygen atoms in total. The van der Waals surface area contributed by atoms with Crippen molar-refractivity contribution in [2.75, 3.05) is 4.90 Å². The third kappa shape index (κ3) is 4.75. The number of rotatable bonds is 5. The van der Waals surface area contributed by atoms with Crippen molar-refractivity contribution >= 4 is 27.8 Å². The molecule has 11 rings (SSSR count). The molecule has 0 aromatic heterocycles. The average Bonchev–Trinajstić information content (AvgIpc) is 3.56. The summed E-state index contributed by atoms with van der Waals surface area (Å²) < 4.78 is 6.92. The predicted octanol–water partition coefficient (Wildman–Crippen LogP) is 14.1. The van der Waals surface area contributed by atoms with E-state index in [-0.39, 0.29) is 0 Å². The highest BCUT2D eigenvalue weighted by atomic mass is 16.5. The van der Waals surface area contributed by atoms with Crippen LogP contribution in [0.15, 0.2) is 212 Å². The largest absolute Gasteiger partial charge is 0.456 e. The molecule has 0 fully saturated rings. The van der Waals surface area contributed by atoms with Crippen LogP contribution in [0.2, 0.25) is 0 Å². The topological polar surface area (TPSA) is 12.5 Å². The summed E-state index contributed by atoms with van der Waals surface area (Å²) in [6.07, 6.45) is 0. The van der Waals surface area contributed by atoms with Crippen LogP contribution in [0.3, 0.4) is 0 Å². The van der Waals surface area contributed by atoms with E-state index < -0.39 is 5.41 Å². The van der Waals surface area contributed by atoms with Gasteiger partial charge < -0.3 is 9.64 Å². The molecule has 1 aliphatic heterocycles. The molecule has 9 aromatic carbocycles. The van der Waals surface area contributed by atoms with Crippen LogP contribution < -0.4 is 9.64 Å². The van der Waals surface area contributed by atoms with Crippen LogP contribution in [0.4, 0.5) is 17.1 Å². The second kappa shape index (κ2) is 12.5. The van der Waals surface area contributed by atoms with Gasteiger partial charge in [0.25, 0.3) is 0 Å². The van der Waals surface area contributed by atoms with Crippen LogP contribution in [0, 0.1) is 0 Å². The Kier molecular flexibility index (Phi) is 7.11. The first-order chi connectivity index (χ1) is 27.3. The van der Waals surface area contributed by atoms with Gasteiger partial charge in [-0.25, -0.2) is 0 Å². The number of anilines is 3. The maximum atomic E-state index is 6.92. The molecule has 9 aromatic rings. The van der Waals surface area contributed by atoms with Crippen LogP contribution in [0.5, 0.6) is 11.5 Å². The standard InChI is InChI=1S/C53H35NO/c1-3-16-36(17-4-1)39-21-13-23-41(34-39)54(42-24-14-22-40(35-42)37-18-5-2-6-19-37)49-30-15-29-47-51(49)44-26-9-10-27-45(44)53(47)46-28-11-12-31-50(46)55-52-43-25-8-7-20-38(43)32-33-48(52)53/h1-35H. The Morgan fingerprint density at radius 2 is 0.945 bits per heavy atom. The second-order valence-corrected chi connectivity index (χ2v) is 14.4. The number of para-hydroxylation sites is 1. The van der Waals surface area contributed by atoms with Crippen molar-refractivity contribution in [1.29, 1.82) is 0 Å². The van der Waals surface area contributed by atoms with E-state index >= 15 is 0 Å². The maximum absolute atomic E-state index is 6.92. The first-order valence-electron chi connectivity index (χ1n) is 18.9. The zero-order valence-corrected chi connectivity index (χ0v) is 30.1. The Hall–Kier alpha value is -7.16. The van der Waals surface area contributed by atoms with Gasteiger partial charge in [-0.05, 0) is 80.7 Å². The lowest BCUT2D eigenvalue weighted by Crippen LogP contribution is -2.32. The summed E-state index contributed by atoms with van der Waals surface area (Å²) in [6, 6.07) is 76.9. The van der Waals surface area contributed by atoms with Gasteiger partial charge in [-0.2, -0.15) is 0 Å². The monoisotopic (exact) mass is 701 g/mol. The lowest BCUT2D eigenvalue weighted by molar-refractivity contribution is 0.441. The number of hydrogen-bond acceptors (Lipinski definition) is 2. The summed E-state index contributed by atoms with van der Waals surface area (Å²) in [4.78, 5) is 2.46. The van der Waals surface area contributed by atoms with E-state index in [9.17, 15) is 0 Å². The Morgan fingerprint density at radius 3 is 1.67 bits per heavy atom. The van der Waals surface area contributed by atoms with Gasteiger partial charge >= 0.3 is 0 Å². The minimum Gasteiger partial charge on any atom is -0.456 e. The lowest BCUT2D eigenvalue weighted by Gasteiger charge is -2.40. The molecular weight excluding hydrogens is 667 g/mol. The molecule has 0 saturated carbocycles. The summed E-state index contributed by atoms with van der Waals surface area (Å²) in [7, 11) is 0. The van der Waals surface area contributed by atoms with Crippen molar-refractivity contribution in [3.63, 3.8) is 0 Å². The molecule has 1 heterocycles. The summed E-state index contributed by atoms with van der Waals surface area (Å²) >= 11 is 0. The Morgan fingerprint density at radius 1 is 0.382 bits per heavy atom. The fraction of sp³-hybridized carbons (Fsp3) is 0.0189. The SMILES string of the molecule is c1ccc(-c2cccc(N(c3cccc(-c4ccccc4)c3)c3cccc4c3-c3ccccc3C43c4ccccc4Oc4c3ccc3ccccc43)c2)cc1. The molecule has 0 saturated heterocycles. The summed E-state index contributed by atoms with van der Waals surface area (Å²) in [5, 5.41) is 2.28. The van der Waals surface area contributed by atoms with Crippen molar-refractivity contribution in [3.8, 4) is 44.9 Å². The molecule has 1 aliphatic carbocycles. The van der Waals surface area contributed by atoms with E-state index in [0.29, 0.717) is 0 Å². The summed E-state index contributed by atoms with van der Waals surface area (Å²) in [6.45, 7) is 0. The van der Waals surface area contributed by atoms with Gasteiger partial charge in [0.05, 0.1) is 11.1 Å². The molecule has 1 unspecified atom stereocenters. The Labute approximate surface area is 321 Å². The van der Waals surface area contributed by atoms with E-state index in [1.807, 2.05) is 0 Å². The molecule has 0 radical (unpaired) electrons. The van der Waals surface area contributed by atoms with Crippen LogP contribution in [-0.4, -0.2) is 0 Å². The van der Waals surface area contributed by atoms with E-state index in [2.05, 4.69) is 217 Å². The quantitative estimate of drug-likeness (QED) is 0.177. The van der Waals surface area contributed by atoms with Crippen LogP contribution in [0.1, 0.15) is 22.3 Å². The third-order valence-corrected chi connectivity index (χ3v) is 11.5. The Bertz CT molecular complexity index is 2830. The third-order valence-electron chi connectivity index (χ3n) is 11.5.